The van der Waals surface area contributed by atoms with Crippen LogP contribution >= 0.6 is 0 Å². The van der Waals surface area contributed by atoms with E-state index in [1.807, 2.05) is 33.9 Å². The van der Waals surface area contributed by atoms with E-state index >= 15 is 0 Å². The summed E-state index contributed by atoms with van der Waals surface area (Å²) >= 11 is 0. The Hall–Kier alpha value is 4.12. The molecule has 0 heterocycles. The van der Waals surface area contributed by atoms with Gasteiger partial charge in [0, 0.05) is 20.4 Å². The molecule has 0 unspecified atom stereocenters. The standard InChI is InChI=1S/5CH2O.7HI.Re/c5*1-2;;;;;;;;/h5*1H2;7*1H;/p-7. The van der Waals surface area contributed by atoms with Crippen molar-refractivity contribution >= 4 is 33.9 Å². The largest absolute Gasteiger partial charge is 1.00 e. The van der Waals surface area contributed by atoms with E-state index in [0.29, 0.717) is 0 Å². The number of carbonyl (C=O) groups is 5. The van der Waals surface area contributed by atoms with Gasteiger partial charge in [-0.15, -0.1) is 0 Å². The molecular weight excluding hydrogens is 1210 g/mol. The van der Waals surface area contributed by atoms with E-state index in [9.17, 15) is 0 Å². The van der Waals surface area contributed by atoms with Gasteiger partial charge in [0.15, 0.2) is 0 Å². The third-order valence-electron chi connectivity index (χ3n) is 0. The van der Waals surface area contributed by atoms with Crippen LogP contribution in [0.3, 0.4) is 0 Å². The molecule has 0 atom stereocenters. The fourth-order valence-corrected chi connectivity index (χ4v) is 0. The first-order chi connectivity index (χ1) is 5.00. The van der Waals surface area contributed by atoms with Crippen molar-refractivity contribution in [1.29, 1.82) is 0 Å². The Morgan fingerprint density at radius 2 is 0.278 bits per heavy atom. The van der Waals surface area contributed by atoms with E-state index in [2.05, 4.69) is 0 Å². The van der Waals surface area contributed by atoms with Crippen molar-refractivity contribution in [2.24, 2.45) is 0 Å². The predicted octanol–water partition coefficient (Wildman–Crippen LogP) is -21.9. The van der Waals surface area contributed by atoms with Gasteiger partial charge in [-0.05, 0) is 0 Å². The summed E-state index contributed by atoms with van der Waals surface area (Å²) in [5.41, 5.74) is 0. The molecule has 0 aromatic rings. The molecule has 123 valence electrons. The van der Waals surface area contributed by atoms with Crippen LogP contribution in [0.5, 0.6) is 0 Å². The van der Waals surface area contributed by atoms with Crippen molar-refractivity contribution in [1.82, 2.24) is 0 Å². The van der Waals surface area contributed by atoms with E-state index in [1.54, 1.807) is 0 Å². The molecule has 0 aliphatic carbocycles. The molecule has 0 saturated heterocycles. The zero-order valence-electron chi connectivity index (χ0n) is 8.60. The van der Waals surface area contributed by atoms with Crippen molar-refractivity contribution in [2.45, 2.75) is 0 Å². The van der Waals surface area contributed by atoms with Gasteiger partial charge < -0.3 is 192 Å². The maximum atomic E-state index is 8.00. The van der Waals surface area contributed by atoms with Gasteiger partial charge in [0.25, 0.3) is 0 Å². The van der Waals surface area contributed by atoms with Crippen LogP contribution in [0.4, 0.5) is 0 Å². The molecule has 0 aliphatic heterocycles. The summed E-state index contributed by atoms with van der Waals surface area (Å²) in [5, 5.41) is 0. The van der Waals surface area contributed by atoms with Crippen LogP contribution in [0.1, 0.15) is 0 Å². The fourth-order valence-electron chi connectivity index (χ4n) is 0. The van der Waals surface area contributed by atoms with Gasteiger partial charge in [-0.2, -0.15) is 0 Å². The summed E-state index contributed by atoms with van der Waals surface area (Å²) in [7, 11) is 0. The normalized spacial score (nSPS) is 1.11. The minimum Gasteiger partial charge on any atom is -1.00 e. The van der Waals surface area contributed by atoms with Crippen molar-refractivity contribution < 1.29 is 212 Å². The molecule has 0 amide bonds. The summed E-state index contributed by atoms with van der Waals surface area (Å²) in [6.45, 7) is 10.0. The molecule has 5 nitrogen and oxygen atoms in total. The first-order valence-corrected chi connectivity index (χ1v) is 1.44. The second kappa shape index (κ2) is 503. The van der Waals surface area contributed by atoms with Crippen LogP contribution in [0.25, 0.3) is 0 Å². The molecule has 1 radical (unpaired) electrons. The zero-order chi connectivity index (χ0) is 10.0. The number of hydrogen-bond acceptors (Lipinski definition) is 5. The minimum absolute atomic E-state index is 0. The van der Waals surface area contributed by atoms with Gasteiger partial charge in [-0.1, -0.05) is 0 Å². The van der Waals surface area contributed by atoms with E-state index < -0.39 is 0 Å². The van der Waals surface area contributed by atoms with E-state index in [4.69, 9.17) is 24.0 Å². The second-order valence-electron chi connectivity index (χ2n) is 0. The predicted molar refractivity (Wildman–Crippen MR) is 35.6 cm³/mol. The quantitative estimate of drug-likeness (QED) is 0.226. The maximum Gasteiger partial charge on any atom is 0.106 e. The van der Waals surface area contributed by atoms with Crippen LogP contribution in [0.15, 0.2) is 0 Å². The first-order valence-electron chi connectivity index (χ1n) is 1.44. The fraction of sp³-hybridized carbons (Fsp3) is 0. The van der Waals surface area contributed by atoms with Gasteiger partial charge >= 0.3 is 0 Å². The second-order valence-corrected chi connectivity index (χ2v) is 0. The Morgan fingerprint density at radius 1 is 0.278 bits per heavy atom. The van der Waals surface area contributed by atoms with Crippen LogP contribution in [0.2, 0.25) is 0 Å². The molecular formula is C5H10I7O5Re-7. The van der Waals surface area contributed by atoms with Crippen molar-refractivity contribution in [3.63, 3.8) is 0 Å². The monoisotopic (exact) mass is 1230 g/mol. The summed E-state index contributed by atoms with van der Waals surface area (Å²) in [6.07, 6.45) is 0. The van der Waals surface area contributed by atoms with Crippen LogP contribution in [-0.4, -0.2) is 33.9 Å². The summed E-state index contributed by atoms with van der Waals surface area (Å²) in [5.74, 6) is 0. The van der Waals surface area contributed by atoms with Gasteiger partial charge in [0.05, 0.1) is 0 Å². The molecule has 0 aromatic carbocycles. The SMILES string of the molecule is C=O.C=O.C=O.C=O.C=O.[I-].[I-].[I-].[I-].[I-].[I-].[I-].[Re]. The molecule has 0 N–H and O–H groups in total. The molecule has 0 aliphatic rings. The van der Waals surface area contributed by atoms with Crippen LogP contribution < -0.4 is 168 Å². The third-order valence-corrected chi connectivity index (χ3v) is 0. The van der Waals surface area contributed by atoms with Gasteiger partial charge in [0.1, 0.15) is 33.9 Å². The summed E-state index contributed by atoms with van der Waals surface area (Å²) in [4.78, 5) is 40.0. The molecule has 0 rings (SSSR count). The number of halogens is 7. The average Bonchev–Trinajstić information content (AvgIpc) is 2.20. The topological polar surface area (TPSA) is 85.3 Å². The van der Waals surface area contributed by atoms with Gasteiger partial charge in [0.2, 0.25) is 0 Å². The molecule has 18 heavy (non-hydrogen) atoms. The van der Waals surface area contributed by atoms with E-state index in [1.165, 1.54) is 0 Å². The molecule has 13 heteroatoms. The maximum absolute atomic E-state index is 8.00. The Morgan fingerprint density at radius 3 is 0.278 bits per heavy atom. The minimum atomic E-state index is 0. The van der Waals surface area contributed by atoms with Crippen molar-refractivity contribution in [3.05, 3.63) is 0 Å². The Labute approximate surface area is 241 Å². The molecule has 0 saturated carbocycles. The van der Waals surface area contributed by atoms with Crippen molar-refractivity contribution in [3.8, 4) is 0 Å². The Kier molecular flexibility index (Phi) is 3320. The molecule has 0 spiro atoms. The van der Waals surface area contributed by atoms with E-state index in [0.717, 1.165) is 0 Å². The number of hydrogen-bond donors (Lipinski definition) is 0. The molecule has 0 aromatic heterocycles. The summed E-state index contributed by atoms with van der Waals surface area (Å²) in [6, 6.07) is 0. The first kappa shape index (κ1) is 119. The number of carbonyl (C=O) groups excluding carboxylic acids is 5. The van der Waals surface area contributed by atoms with E-state index in [-0.39, 0.29) is 188 Å². The number of rotatable bonds is 0. The summed E-state index contributed by atoms with van der Waals surface area (Å²) < 4.78 is 0. The molecule has 0 fully saturated rings. The average molecular weight is 1220 g/mol. The van der Waals surface area contributed by atoms with Crippen LogP contribution in [0, 0.1) is 0 Å². The van der Waals surface area contributed by atoms with Crippen molar-refractivity contribution in [2.75, 3.05) is 0 Å². The van der Waals surface area contributed by atoms with Gasteiger partial charge in [-0.25, -0.2) is 0 Å². The molecule has 0 bridgehead atoms. The third kappa shape index (κ3) is 433. The smallest absolute Gasteiger partial charge is 0.106 e. The van der Waals surface area contributed by atoms with Crippen LogP contribution in [-0.2, 0) is 44.4 Å². The Balaban J connectivity index is -0.00000000142. The zero-order valence-corrected chi connectivity index (χ0v) is 26.4. The Bertz CT molecular complexity index is 43.8. The van der Waals surface area contributed by atoms with Gasteiger partial charge in [-0.3, -0.25) is 0 Å².